The quantitative estimate of drug-likeness (QED) is 0.798. The first-order chi connectivity index (χ1) is 8.04. The van der Waals surface area contributed by atoms with Gasteiger partial charge < -0.3 is 10.4 Å². The fourth-order valence-electron chi connectivity index (χ4n) is 2.05. The van der Waals surface area contributed by atoms with E-state index in [2.05, 4.69) is 26.1 Å². The van der Waals surface area contributed by atoms with Gasteiger partial charge in [0.05, 0.1) is 18.3 Å². The lowest BCUT2D eigenvalue weighted by atomic mass is 9.92. The molecule has 1 rings (SSSR count). The lowest BCUT2D eigenvalue weighted by molar-refractivity contribution is 0.230. The molecule has 0 saturated carbocycles. The Labute approximate surface area is 103 Å². The van der Waals surface area contributed by atoms with Gasteiger partial charge in [-0.25, -0.2) is 4.39 Å². The second kappa shape index (κ2) is 6.60. The van der Waals surface area contributed by atoms with E-state index in [0.717, 1.165) is 6.42 Å². The van der Waals surface area contributed by atoms with Gasteiger partial charge in [-0.2, -0.15) is 0 Å². The molecule has 2 nitrogen and oxygen atoms in total. The third-order valence-electron chi connectivity index (χ3n) is 2.94. The van der Waals surface area contributed by atoms with Crippen molar-refractivity contribution in [3.63, 3.8) is 0 Å². The smallest absolute Gasteiger partial charge is 0.146 e. The summed E-state index contributed by atoms with van der Waals surface area (Å²) in [6.07, 6.45) is 1.01. The Hall–Kier alpha value is -1.09. The Morgan fingerprint density at radius 2 is 1.88 bits per heavy atom. The first kappa shape index (κ1) is 14.0. The highest BCUT2D eigenvalue weighted by molar-refractivity contribution is 5.45. The van der Waals surface area contributed by atoms with Crippen LogP contribution < -0.4 is 5.32 Å². The summed E-state index contributed by atoms with van der Waals surface area (Å²) in [6, 6.07) is 6.46. The van der Waals surface area contributed by atoms with Gasteiger partial charge in [-0.15, -0.1) is 0 Å². The summed E-state index contributed by atoms with van der Waals surface area (Å²) in [5.74, 6) is 0.601. The molecule has 2 N–H and O–H groups in total. The van der Waals surface area contributed by atoms with Crippen molar-refractivity contribution in [1.29, 1.82) is 0 Å². The van der Waals surface area contributed by atoms with Crippen LogP contribution in [0.1, 0.15) is 27.2 Å². The summed E-state index contributed by atoms with van der Waals surface area (Å²) >= 11 is 0. The number of aliphatic hydroxyl groups excluding tert-OH is 1. The normalized spacial score (nSPS) is 14.7. The van der Waals surface area contributed by atoms with Crippen LogP contribution >= 0.6 is 0 Å². The maximum absolute atomic E-state index is 13.5. The van der Waals surface area contributed by atoms with Crippen LogP contribution in [-0.4, -0.2) is 17.8 Å². The van der Waals surface area contributed by atoms with Crippen LogP contribution in [0.15, 0.2) is 24.3 Å². The van der Waals surface area contributed by atoms with Crippen molar-refractivity contribution in [3.05, 3.63) is 30.1 Å². The molecule has 0 aliphatic rings. The highest BCUT2D eigenvalue weighted by Crippen LogP contribution is 2.20. The van der Waals surface area contributed by atoms with Crippen LogP contribution in [0.3, 0.4) is 0 Å². The van der Waals surface area contributed by atoms with Crippen molar-refractivity contribution in [1.82, 2.24) is 0 Å². The van der Waals surface area contributed by atoms with E-state index < -0.39 is 0 Å². The zero-order valence-corrected chi connectivity index (χ0v) is 10.8. The zero-order valence-electron chi connectivity index (χ0n) is 10.8. The number of benzene rings is 1. The van der Waals surface area contributed by atoms with Crippen molar-refractivity contribution in [2.45, 2.75) is 33.2 Å². The number of hydrogen-bond acceptors (Lipinski definition) is 2. The average Bonchev–Trinajstić information content (AvgIpc) is 2.27. The molecule has 0 spiro atoms. The lowest BCUT2D eigenvalue weighted by Crippen LogP contribution is -2.32. The summed E-state index contributed by atoms with van der Waals surface area (Å²) < 4.78 is 13.5. The molecule has 0 heterocycles. The number of hydrogen-bond donors (Lipinski definition) is 2. The first-order valence-corrected chi connectivity index (χ1v) is 6.16. The van der Waals surface area contributed by atoms with E-state index in [1.54, 1.807) is 18.2 Å². The number of halogens is 1. The number of nitrogens with one attached hydrogen (secondary N) is 1. The predicted octanol–water partition coefficient (Wildman–Crippen LogP) is 3.28. The Bertz CT molecular complexity index is 341. The average molecular weight is 239 g/mol. The van der Waals surface area contributed by atoms with E-state index >= 15 is 0 Å². The van der Waals surface area contributed by atoms with Crippen molar-refractivity contribution in [2.24, 2.45) is 11.8 Å². The van der Waals surface area contributed by atoms with E-state index in [1.807, 2.05) is 0 Å². The molecule has 96 valence electrons. The van der Waals surface area contributed by atoms with Crippen molar-refractivity contribution >= 4 is 5.69 Å². The summed E-state index contributed by atoms with van der Waals surface area (Å²) in [5, 5.41) is 12.5. The van der Waals surface area contributed by atoms with Gasteiger partial charge in [-0.3, -0.25) is 0 Å². The first-order valence-electron chi connectivity index (χ1n) is 6.16. The SMILES string of the molecule is CC(C)CC(C)C(CO)Nc1ccccc1F. The summed E-state index contributed by atoms with van der Waals surface area (Å²) in [6.45, 7) is 6.39. The van der Waals surface area contributed by atoms with Crippen molar-refractivity contribution in [3.8, 4) is 0 Å². The monoisotopic (exact) mass is 239 g/mol. The fraction of sp³-hybridized carbons (Fsp3) is 0.571. The Morgan fingerprint density at radius 3 is 2.41 bits per heavy atom. The fourth-order valence-corrected chi connectivity index (χ4v) is 2.05. The summed E-state index contributed by atoms with van der Waals surface area (Å²) in [7, 11) is 0. The minimum absolute atomic E-state index is 0.0161. The molecule has 0 bridgehead atoms. The maximum Gasteiger partial charge on any atom is 0.146 e. The molecule has 0 amide bonds. The van der Waals surface area contributed by atoms with Crippen molar-refractivity contribution < 1.29 is 9.50 Å². The number of rotatable bonds is 6. The number of para-hydroxylation sites is 1. The van der Waals surface area contributed by atoms with Gasteiger partial charge in [0.15, 0.2) is 0 Å². The van der Waals surface area contributed by atoms with Crippen LogP contribution in [0.4, 0.5) is 10.1 Å². The van der Waals surface area contributed by atoms with Crippen LogP contribution in [0.25, 0.3) is 0 Å². The van der Waals surface area contributed by atoms with E-state index in [1.165, 1.54) is 6.07 Å². The molecule has 1 aromatic rings. The second-order valence-electron chi connectivity index (χ2n) is 5.02. The largest absolute Gasteiger partial charge is 0.394 e. The Balaban J connectivity index is 2.66. The van der Waals surface area contributed by atoms with Gasteiger partial charge in [0.2, 0.25) is 0 Å². The van der Waals surface area contributed by atoms with Gasteiger partial charge in [0.25, 0.3) is 0 Å². The molecular weight excluding hydrogens is 217 g/mol. The Kier molecular flexibility index (Phi) is 5.42. The molecule has 0 aliphatic heterocycles. The molecule has 17 heavy (non-hydrogen) atoms. The maximum atomic E-state index is 13.5. The van der Waals surface area contributed by atoms with Crippen molar-refractivity contribution in [2.75, 3.05) is 11.9 Å². The second-order valence-corrected chi connectivity index (χ2v) is 5.02. The highest BCUT2D eigenvalue weighted by atomic mass is 19.1. The third kappa shape index (κ3) is 4.35. The topological polar surface area (TPSA) is 32.3 Å². The van der Waals surface area contributed by atoms with Gasteiger partial charge >= 0.3 is 0 Å². The highest BCUT2D eigenvalue weighted by Gasteiger charge is 2.18. The molecule has 0 radical (unpaired) electrons. The van der Waals surface area contributed by atoms with E-state index in [0.29, 0.717) is 17.5 Å². The van der Waals surface area contributed by atoms with E-state index in [4.69, 9.17) is 0 Å². The third-order valence-corrected chi connectivity index (χ3v) is 2.94. The van der Waals surface area contributed by atoms with E-state index in [9.17, 15) is 9.50 Å². The molecule has 2 unspecified atom stereocenters. The Morgan fingerprint density at radius 1 is 1.24 bits per heavy atom. The molecule has 1 aromatic carbocycles. The van der Waals surface area contributed by atoms with Crippen LogP contribution in [0.5, 0.6) is 0 Å². The van der Waals surface area contributed by atoms with Gasteiger partial charge in [0, 0.05) is 0 Å². The lowest BCUT2D eigenvalue weighted by Gasteiger charge is -2.25. The van der Waals surface area contributed by atoms with Crippen LogP contribution in [-0.2, 0) is 0 Å². The molecular formula is C14H22FNO. The van der Waals surface area contributed by atoms with Crippen LogP contribution in [0.2, 0.25) is 0 Å². The predicted molar refractivity (Wildman–Crippen MR) is 69.5 cm³/mol. The minimum Gasteiger partial charge on any atom is -0.394 e. The molecule has 0 saturated heterocycles. The number of anilines is 1. The molecule has 0 fully saturated rings. The molecule has 0 aliphatic carbocycles. The standard InChI is InChI=1S/C14H22FNO/c1-10(2)8-11(3)14(9-17)16-13-7-5-4-6-12(13)15/h4-7,10-11,14,16-17H,8-9H2,1-3H3. The zero-order chi connectivity index (χ0) is 12.8. The van der Waals surface area contributed by atoms with Crippen LogP contribution in [0, 0.1) is 17.7 Å². The van der Waals surface area contributed by atoms with E-state index in [-0.39, 0.29) is 18.5 Å². The molecule has 2 atom stereocenters. The summed E-state index contributed by atoms with van der Waals surface area (Å²) in [4.78, 5) is 0. The van der Waals surface area contributed by atoms with Gasteiger partial charge in [-0.1, -0.05) is 32.9 Å². The minimum atomic E-state index is -0.275. The summed E-state index contributed by atoms with van der Waals surface area (Å²) in [5.41, 5.74) is 0.460. The molecule has 0 aromatic heterocycles. The molecule has 3 heteroatoms. The van der Waals surface area contributed by atoms with Gasteiger partial charge in [-0.05, 0) is 30.4 Å². The number of aliphatic hydroxyl groups is 1. The van der Waals surface area contributed by atoms with Gasteiger partial charge in [0.1, 0.15) is 5.82 Å².